The van der Waals surface area contributed by atoms with Crippen LogP contribution >= 0.6 is 11.8 Å². The highest BCUT2D eigenvalue weighted by Gasteiger charge is 2.23. The van der Waals surface area contributed by atoms with Gasteiger partial charge < -0.3 is 5.11 Å². The number of thioether (sulfide) groups is 1. The zero-order valence-electron chi connectivity index (χ0n) is 12.0. The Balaban J connectivity index is 2.11. The first-order valence-corrected chi connectivity index (χ1v) is 7.73. The highest BCUT2D eigenvalue weighted by molar-refractivity contribution is 7.98. The summed E-state index contributed by atoms with van der Waals surface area (Å²) in [5, 5.41) is 20.8. The van der Waals surface area contributed by atoms with E-state index in [9.17, 15) is 4.79 Å². The van der Waals surface area contributed by atoms with Gasteiger partial charge in [-0.05, 0) is 28.5 Å². The lowest BCUT2D eigenvalue weighted by Crippen LogP contribution is -2.22. The summed E-state index contributed by atoms with van der Waals surface area (Å²) in [4.78, 5) is 12.1. The molecule has 0 aliphatic heterocycles. The molecular formula is C14H18N4O2S. The van der Waals surface area contributed by atoms with Gasteiger partial charge in [0.1, 0.15) is 0 Å². The fraction of sp³-hybridized carbons (Fsp3) is 0.429. The first-order chi connectivity index (χ1) is 10.1. The van der Waals surface area contributed by atoms with E-state index in [2.05, 4.69) is 15.5 Å². The van der Waals surface area contributed by atoms with Crippen LogP contribution in [0, 0.1) is 5.92 Å². The van der Waals surface area contributed by atoms with Crippen molar-refractivity contribution in [3.63, 3.8) is 0 Å². The van der Waals surface area contributed by atoms with Crippen molar-refractivity contribution < 1.29 is 9.90 Å². The van der Waals surface area contributed by atoms with Gasteiger partial charge in [0.25, 0.3) is 0 Å². The average Bonchev–Trinajstić information content (AvgIpc) is 2.91. The summed E-state index contributed by atoms with van der Waals surface area (Å²) in [6.45, 7) is 3.95. The molecule has 2 rings (SSSR count). The van der Waals surface area contributed by atoms with Crippen molar-refractivity contribution in [1.82, 2.24) is 20.2 Å². The number of rotatable bonds is 7. The fourth-order valence-corrected chi connectivity index (χ4v) is 2.85. The summed E-state index contributed by atoms with van der Waals surface area (Å²) >= 11 is 1.63. The molecule has 112 valence electrons. The Bertz CT molecular complexity index is 586. The molecule has 1 unspecified atom stereocenters. The van der Waals surface area contributed by atoms with Gasteiger partial charge in [-0.25, -0.2) is 4.68 Å². The van der Waals surface area contributed by atoms with E-state index in [-0.39, 0.29) is 18.4 Å². The Morgan fingerprint density at radius 1 is 1.33 bits per heavy atom. The molecule has 0 fully saturated rings. The number of nitrogens with zero attached hydrogens (tertiary/aromatic N) is 4. The van der Waals surface area contributed by atoms with Crippen molar-refractivity contribution in [1.29, 1.82) is 0 Å². The molecule has 0 spiro atoms. The number of hydrogen-bond acceptors (Lipinski definition) is 5. The second kappa shape index (κ2) is 7.21. The average molecular weight is 306 g/mol. The van der Waals surface area contributed by atoms with Gasteiger partial charge in [-0.3, -0.25) is 4.79 Å². The van der Waals surface area contributed by atoms with Gasteiger partial charge in [-0.15, -0.1) is 16.9 Å². The molecule has 21 heavy (non-hydrogen) atoms. The molecule has 0 aliphatic rings. The molecule has 1 heterocycles. The molecular weight excluding hydrogens is 288 g/mol. The Labute approximate surface area is 127 Å². The molecule has 1 N–H and O–H groups in total. The summed E-state index contributed by atoms with van der Waals surface area (Å²) in [6.07, 6.45) is 0.0196. The van der Waals surface area contributed by atoms with Crippen molar-refractivity contribution in [3.8, 4) is 0 Å². The molecule has 0 radical (unpaired) electrons. The van der Waals surface area contributed by atoms with Gasteiger partial charge >= 0.3 is 5.97 Å². The molecule has 7 heteroatoms. The monoisotopic (exact) mass is 306 g/mol. The van der Waals surface area contributed by atoms with Crippen molar-refractivity contribution >= 4 is 17.7 Å². The standard InChI is InChI=1S/C14H18N4O2S/c1-10(2)12(8-14(19)20)18-13(15-16-17-18)9-21-11-6-4-3-5-7-11/h3-7,10,12H,8-9H2,1-2H3,(H,19,20). The van der Waals surface area contributed by atoms with Crippen LogP contribution in [0.5, 0.6) is 0 Å². The number of benzene rings is 1. The Morgan fingerprint density at radius 3 is 2.67 bits per heavy atom. The lowest BCUT2D eigenvalue weighted by Gasteiger charge is -2.20. The Hall–Kier alpha value is -1.89. The minimum absolute atomic E-state index is 0.0196. The van der Waals surface area contributed by atoms with Crippen LogP contribution < -0.4 is 0 Å². The van der Waals surface area contributed by atoms with E-state index >= 15 is 0 Å². The summed E-state index contributed by atoms with van der Waals surface area (Å²) in [5.74, 6) is 0.611. The quantitative estimate of drug-likeness (QED) is 0.792. The number of carbonyl (C=O) groups is 1. The summed E-state index contributed by atoms with van der Waals surface area (Å²) < 4.78 is 1.65. The van der Waals surface area contributed by atoms with Crippen LogP contribution in [0.4, 0.5) is 0 Å². The van der Waals surface area contributed by atoms with E-state index in [0.29, 0.717) is 11.6 Å². The second-order valence-electron chi connectivity index (χ2n) is 5.05. The predicted octanol–water partition coefficient (Wildman–Crippen LogP) is 2.64. The zero-order chi connectivity index (χ0) is 15.2. The van der Waals surface area contributed by atoms with Gasteiger partial charge in [0, 0.05) is 4.90 Å². The third-order valence-electron chi connectivity index (χ3n) is 3.14. The molecule has 0 saturated heterocycles. The molecule has 1 atom stereocenters. The number of carboxylic acids is 1. The lowest BCUT2D eigenvalue weighted by molar-refractivity contribution is -0.138. The van der Waals surface area contributed by atoms with Crippen LogP contribution in [-0.2, 0) is 10.5 Å². The number of hydrogen-bond donors (Lipinski definition) is 1. The smallest absolute Gasteiger partial charge is 0.305 e. The molecule has 1 aromatic carbocycles. The van der Waals surface area contributed by atoms with Crippen molar-refractivity contribution in [2.24, 2.45) is 5.92 Å². The van der Waals surface area contributed by atoms with Crippen LogP contribution in [0.25, 0.3) is 0 Å². The zero-order valence-corrected chi connectivity index (χ0v) is 12.8. The Kier molecular flexibility index (Phi) is 5.32. The number of tetrazole rings is 1. The molecule has 0 amide bonds. The second-order valence-corrected chi connectivity index (χ2v) is 6.10. The van der Waals surface area contributed by atoms with E-state index in [1.165, 1.54) is 0 Å². The minimum atomic E-state index is -0.842. The van der Waals surface area contributed by atoms with Crippen LogP contribution in [0.1, 0.15) is 32.1 Å². The highest BCUT2D eigenvalue weighted by Crippen LogP contribution is 2.25. The third-order valence-corrected chi connectivity index (χ3v) is 4.15. The molecule has 1 aromatic heterocycles. The molecule has 0 saturated carbocycles. The maximum atomic E-state index is 11.0. The van der Waals surface area contributed by atoms with Crippen molar-refractivity contribution in [2.45, 2.75) is 37.0 Å². The first kappa shape index (κ1) is 15.5. The van der Waals surface area contributed by atoms with E-state index in [4.69, 9.17) is 5.11 Å². The van der Waals surface area contributed by atoms with E-state index in [0.717, 1.165) is 4.90 Å². The van der Waals surface area contributed by atoms with Crippen LogP contribution in [0.15, 0.2) is 35.2 Å². The first-order valence-electron chi connectivity index (χ1n) is 6.74. The van der Waals surface area contributed by atoms with Gasteiger partial charge in [0.15, 0.2) is 5.82 Å². The van der Waals surface area contributed by atoms with E-state index < -0.39 is 5.97 Å². The van der Waals surface area contributed by atoms with Gasteiger partial charge in [-0.1, -0.05) is 32.0 Å². The van der Waals surface area contributed by atoms with E-state index in [1.54, 1.807) is 16.4 Å². The Morgan fingerprint density at radius 2 is 2.05 bits per heavy atom. The summed E-state index contributed by atoms with van der Waals surface area (Å²) in [7, 11) is 0. The summed E-state index contributed by atoms with van der Waals surface area (Å²) in [5.41, 5.74) is 0. The predicted molar refractivity (Wildman–Crippen MR) is 79.9 cm³/mol. The van der Waals surface area contributed by atoms with Crippen LogP contribution in [0.3, 0.4) is 0 Å². The minimum Gasteiger partial charge on any atom is -0.481 e. The molecule has 0 aliphatic carbocycles. The normalized spacial score (nSPS) is 12.5. The molecule has 0 bridgehead atoms. The van der Waals surface area contributed by atoms with Gasteiger partial charge in [-0.2, -0.15) is 0 Å². The number of carboxylic acid groups (broad SMARTS) is 1. The third kappa shape index (κ3) is 4.29. The maximum Gasteiger partial charge on any atom is 0.305 e. The SMILES string of the molecule is CC(C)C(CC(=O)O)n1nnnc1CSc1ccccc1. The topological polar surface area (TPSA) is 80.9 Å². The molecule has 6 nitrogen and oxygen atoms in total. The van der Waals surface area contributed by atoms with Crippen LogP contribution in [0.2, 0.25) is 0 Å². The fourth-order valence-electron chi connectivity index (χ4n) is 2.01. The summed E-state index contributed by atoms with van der Waals surface area (Å²) in [6, 6.07) is 9.74. The van der Waals surface area contributed by atoms with Crippen molar-refractivity contribution in [3.05, 3.63) is 36.2 Å². The number of aromatic nitrogens is 4. The maximum absolute atomic E-state index is 11.0. The van der Waals surface area contributed by atoms with Crippen LogP contribution in [-0.4, -0.2) is 31.3 Å². The number of aliphatic carboxylic acids is 1. The highest BCUT2D eigenvalue weighted by atomic mass is 32.2. The van der Waals surface area contributed by atoms with E-state index in [1.807, 2.05) is 44.2 Å². The van der Waals surface area contributed by atoms with Gasteiger partial charge in [0.05, 0.1) is 18.2 Å². The lowest BCUT2D eigenvalue weighted by atomic mass is 10.0. The largest absolute Gasteiger partial charge is 0.481 e. The molecule has 2 aromatic rings. The van der Waals surface area contributed by atoms with Crippen molar-refractivity contribution in [2.75, 3.05) is 0 Å². The van der Waals surface area contributed by atoms with Gasteiger partial charge in [0.2, 0.25) is 0 Å².